The van der Waals surface area contributed by atoms with E-state index in [1.165, 1.54) is 0 Å². The second-order valence-electron chi connectivity index (χ2n) is 7.60. The molecule has 7 heteroatoms. The van der Waals surface area contributed by atoms with Crippen LogP contribution in [-0.2, 0) is 9.31 Å². The van der Waals surface area contributed by atoms with Crippen LogP contribution < -0.4 is 4.74 Å². The molecule has 0 aromatic heterocycles. The molecule has 1 saturated heterocycles. The highest BCUT2D eigenvalue weighted by atomic mass is 19.4. The first-order valence-corrected chi connectivity index (χ1v) is 8.14. The van der Waals surface area contributed by atoms with Gasteiger partial charge >= 0.3 is 13.3 Å². The van der Waals surface area contributed by atoms with Gasteiger partial charge in [0, 0.05) is 5.82 Å². The minimum absolute atomic E-state index is 0.226. The van der Waals surface area contributed by atoms with Crippen LogP contribution in [0.3, 0.4) is 0 Å². The van der Waals surface area contributed by atoms with Crippen LogP contribution in [0.25, 0.3) is 0 Å². The summed E-state index contributed by atoms with van der Waals surface area (Å²) in [6.07, 6.45) is -3.36. The Labute approximate surface area is 140 Å². The van der Waals surface area contributed by atoms with Gasteiger partial charge in [0.15, 0.2) is 6.61 Å². The van der Waals surface area contributed by atoms with E-state index in [1.54, 1.807) is 12.1 Å². The van der Waals surface area contributed by atoms with Crippen LogP contribution in [0.15, 0.2) is 24.3 Å². The van der Waals surface area contributed by atoms with Crippen LogP contribution in [0.1, 0.15) is 45.6 Å². The first-order valence-electron chi connectivity index (χ1n) is 8.14. The Morgan fingerprint density at radius 3 is 2.12 bits per heavy atom. The van der Waals surface area contributed by atoms with E-state index < -0.39 is 12.8 Å². The van der Waals surface area contributed by atoms with Crippen LogP contribution in [0.5, 0.6) is 5.75 Å². The van der Waals surface area contributed by atoms with Crippen LogP contribution in [0.2, 0.25) is 5.82 Å². The van der Waals surface area contributed by atoms with Crippen LogP contribution in [0.4, 0.5) is 13.2 Å². The normalized spacial score (nSPS) is 28.0. The number of alkyl halides is 3. The lowest BCUT2D eigenvalue weighted by Crippen LogP contribution is -2.41. The number of benzene rings is 1. The van der Waals surface area contributed by atoms with Crippen LogP contribution in [0, 0.1) is 0 Å². The molecule has 1 saturated carbocycles. The quantitative estimate of drug-likeness (QED) is 0.750. The van der Waals surface area contributed by atoms with Gasteiger partial charge in [-0.2, -0.15) is 13.2 Å². The molecule has 0 spiro atoms. The monoisotopic (exact) mass is 342 g/mol. The average Bonchev–Trinajstić information content (AvgIpc) is 3.20. The Hall–Kier alpha value is -1.21. The largest absolute Gasteiger partial charge is 0.484 e. The van der Waals surface area contributed by atoms with Crippen LogP contribution >= 0.6 is 0 Å². The molecule has 0 bridgehead atoms. The summed E-state index contributed by atoms with van der Waals surface area (Å²) in [4.78, 5) is 0. The van der Waals surface area contributed by atoms with Gasteiger partial charge in [-0.25, -0.2) is 0 Å². The van der Waals surface area contributed by atoms with E-state index in [-0.39, 0.29) is 29.9 Å². The van der Waals surface area contributed by atoms with Gasteiger partial charge in [0.1, 0.15) is 5.75 Å². The molecule has 2 atom stereocenters. The lowest BCUT2D eigenvalue weighted by Gasteiger charge is -2.32. The van der Waals surface area contributed by atoms with E-state index in [9.17, 15) is 13.2 Å². The number of ether oxygens (including phenoxy) is 1. The van der Waals surface area contributed by atoms with Crippen molar-refractivity contribution in [1.82, 2.24) is 0 Å². The molecule has 1 aromatic rings. The average molecular weight is 342 g/mol. The van der Waals surface area contributed by atoms with Gasteiger partial charge in [0.05, 0.1) is 11.2 Å². The predicted molar refractivity (Wildman–Crippen MR) is 85.2 cm³/mol. The van der Waals surface area contributed by atoms with Gasteiger partial charge in [0.25, 0.3) is 0 Å². The van der Waals surface area contributed by atoms with Crippen molar-refractivity contribution in [3.63, 3.8) is 0 Å². The molecule has 2 aliphatic rings. The first kappa shape index (κ1) is 17.6. The van der Waals surface area contributed by atoms with Gasteiger partial charge in [-0.05, 0) is 57.7 Å². The van der Waals surface area contributed by atoms with Crippen LogP contribution in [-0.4, -0.2) is 31.1 Å². The third-order valence-electron chi connectivity index (χ3n) is 5.17. The molecular formula is C17H22BF3O3. The fraction of sp³-hybridized carbons (Fsp3) is 0.647. The molecule has 1 unspecified atom stereocenters. The summed E-state index contributed by atoms with van der Waals surface area (Å²) in [7, 11) is -0.235. The van der Waals surface area contributed by atoms with Gasteiger partial charge in [-0.15, -0.1) is 0 Å². The lowest BCUT2D eigenvalue weighted by atomic mass is 9.79. The highest BCUT2D eigenvalue weighted by Gasteiger charge is 2.59. The summed E-state index contributed by atoms with van der Waals surface area (Å²) >= 11 is 0. The number of halogens is 3. The van der Waals surface area contributed by atoms with E-state index >= 15 is 0 Å². The molecule has 1 aromatic carbocycles. The zero-order chi connectivity index (χ0) is 17.8. The lowest BCUT2D eigenvalue weighted by molar-refractivity contribution is -0.153. The molecule has 1 aliphatic heterocycles. The van der Waals surface area contributed by atoms with Crippen molar-refractivity contribution in [2.45, 2.75) is 63.2 Å². The van der Waals surface area contributed by atoms with E-state index in [4.69, 9.17) is 14.0 Å². The van der Waals surface area contributed by atoms with E-state index in [1.807, 2.05) is 39.8 Å². The SMILES string of the molecule is CC1(C)OB([C@H]2CC2c2ccc(OCC(F)(F)F)cc2)OC1(C)C. The molecule has 0 N–H and O–H groups in total. The van der Waals surface area contributed by atoms with Gasteiger partial charge in [-0.1, -0.05) is 12.1 Å². The molecule has 24 heavy (non-hydrogen) atoms. The summed E-state index contributed by atoms with van der Waals surface area (Å²) in [5, 5.41) is 0. The van der Waals surface area contributed by atoms with E-state index in [2.05, 4.69) is 0 Å². The van der Waals surface area contributed by atoms with Gasteiger partial charge in [0.2, 0.25) is 0 Å². The van der Waals surface area contributed by atoms with E-state index in [0.717, 1.165) is 12.0 Å². The molecule has 3 nitrogen and oxygen atoms in total. The maximum absolute atomic E-state index is 12.2. The predicted octanol–water partition coefficient (Wildman–Crippen LogP) is 4.58. The maximum atomic E-state index is 12.2. The number of hydrogen-bond acceptors (Lipinski definition) is 3. The minimum Gasteiger partial charge on any atom is -0.484 e. The Morgan fingerprint density at radius 2 is 1.62 bits per heavy atom. The van der Waals surface area contributed by atoms with Crippen molar-refractivity contribution in [3.05, 3.63) is 29.8 Å². The molecule has 1 heterocycles. The highest BCUT2D eigenvalue weighted by Crippen LogP contribution is 2.58. The fourth-order valence-electron chi connectivity index (χ4n) is 2.94. The zero-order valence-corrected chi connectivity index (χ0v) is 14.3. The molecule has 1 aliphatic carbocycles. The Kier molecular flexibility index (Phi) is 4.16. The first-order chi connectivity index (χ1) is 11.0. The van der Waals surface area contributed by atoms with E-state index in [0.29, 0.717) is 5.92 Å². The third-order valence-corrected chi connectivity index (χ3v) is 5.17. The zero-order valence-electron chi connectivity index (χ0n) is 14.3. The van der Waals surface area contributed by atoms with Gasteiger partial charge < -0.3 is 14.0 Å². The van der Waals surface area contributed by atoms with Crippen molar-refractivity contribution in [2.75, 3.05) is 6.61 Å². The molecule has 0 amide bonds. The van der Waals surface area contributed by atoms with Crippen molar-refractivity contribution in [1.29, 1.82) is 0 Å². The Morgan fingerprint density at radius 1 is 1.08 bits per heavy atom. The molecule has 2 fully saturated rings. The second kappa shape index (κ2) is 5.66. The fourth-order valence-corrected chi connectivity index (χ4v) is 2.94. The summed E-state index contributed by atoms with van der Waals surface area (Å²) < 4.78 is 53.3. The summed E-state index contributed by atoms with van der Waals surface area (Å²) in [5.41, 5.74) is 0.384. The molecule has 3 rings (SSSR count). The van der Waals surface area contributed by atoms with Crippen molar-refractivity contribution < 1.29 is 27.2 Å². The van der Waals surface area contributed by atoms with Gasteiger partial charge in [-0.3, -0.25) is 0 Å². The van der Waals surface area contributed by atoms with Crippen molar-refractivity contribution in [2.24, 2.45) is 0 Å². The number of hydrogen-bond donors (Lipinski definition) is 0. The summed E-state index contributed by atoms with van der Waals surface area (Å²) in [6, 6.07) is 6.81. The highest BCUT2D eigenvalue weighted by molar-refractivity contribution is 6.49. The second-order valence-corrected chi connectivity index (χ2v) is 7.60. The van der Waals surface area contributed by atoms with Crippen molar-refractivity contribution >= 4 is 7.12 Å². The third kappa shape index (κ3) is 3.57. The topological polar surface area (TPSA) is 27.7 Å². The molecule has 0 radical (unpaired) electrons. The maximum Gasteiger partial charge on any atom is 0.461 e. The standard InChI is InChI=1S/C17H22BF3O3/c1-15(2)16(3,4)24-18(23-15)14-9-13(14)11-5-7-12(8-6-11)22-10-17(19,20)21/h5-8,13-14H,9-10H2,1-4H3/t13?,14-/m0/s1. The summed E-state index contributed by atoms with van der Waals surface area (Å²) in [5.74, 6) is 0.827. The Bertz CT molecular complexity index is 582. The molecule has 132 valence electrons. The summed E-state index contributed by atoms with van der Waals surface area (Å²) in [6.45, 7) is 6.83. The minimum atomic E-state index is -4.32. The van der Waals surface area contributed by atoms with Crippen molar-refractivity contribution in [3.8, 4) is 5.75 Å². The number of rotatable bonds is 4. The Balaban J connectivity index is 1.58. The smallest absolute Gasteiger partial charge is 0.461 e. The molecular weight excluding hydrogens is 320 g/mol.